The molecule has 0 aliphatic carbocycles. The minimum absolute atomic E-state index is 0.321. The van der Waals surface area contributed by atoms with Crippen LogP contribution in [0.4, 0.5) is 0 Å². The molecule has 0 amide bonds. The second-order valence-corrected chi connectivity index (χ2v) is 4.70. The number of hydrogen-bond donors (Lipinski definition) is 1. The van der Waals surface area contributed by atoms with Crippen LogP contribution in [-0.4, -0.2) is 19.8 Å². The van der Waals surface area contributed by atoms with E-state index in [-0.39, 0.29) is 0 Å². The van der Waals surface area contributed by atoms with E-state index in [0.29, 0.717) is 19.3 Å². The predicted molar refractivity (Wildman–Crippen MR) is 77.9 cm³/mol. The van der Waals surface area contributed by atoms with Crippen molar-refractivity contribution in [2.75, 3.05) is 19.8 Å². The first-order valence-electron chi connectivity index (χ1n) is 7.09. The van der Waals surface area contributed by atoms with E-state index in [4.69, 9.17) is 9.47 Å². The van der Waals surface area contributed by atoms with E-state index in [2.05, 4.69) is 24.9 Å². The number of para-hydroxylation sites is 1. The molecule has 1 heterocycles. The number of hydrogen-bond acceptors (Lipinski definition) is 3. The molecule has 0 saturated heterocycles. The Labute approximate surface area is 115 Å². The molecule has 1 N–H and O–H groups in total. The molecule has 104 valence electrons. The quantitative estimate of drug-likeness (QED) is 0.602. The molecular formula is C16H23NO2. The van der Waals surface area contributed by atoms with Gasteiger partial charge < -0.3 is 14.8 Å². The van der Waals surface area contributed by atoms with Crippen LogP contribution >= 0.6 is 0 Å². The Morgan fingerprint density at radius 2 is 2.21 bits per heavy atom. The average Bonchev–Trinajstić information content (AvgIpc) is 2.46. The van der Waals surface area contributed by atoms with Gasteiger partial charge in [-0.2, -0.15) is 0 Å². The average molecular weight is 261 g/mol. The van der Waals surface area contributed by atoms with E-state index < -0.39 is 0 Å². The predicted octanol–water partition coefficient (Wildman–Crippen LogP) is 3.46. The van der Waals surface area contributed by atoms with Gasteiger partial charge in [-0.05, 0) is 31.9 Å². The molecule has 2 rings (SSSR count). The van der Waals surface area contributed by atoms with Gasteiger partial charge in [-0.1, -0.05) is 25.1 Å². The first-order valence-corrected chi connectivity index (χ1v) is 7.09. The lowest BCUT2D eigenvalue weighted by atomic mass is 9.99. The molecule has 1 aliphatic heterocycles. The van der Waals surface area contributed by atoms with E-state index in [9.17, 15) is 0 Å². The van der Waals surface area contributed by atoms with Crippen molar-refractivity contribution in [1.29, 1.82) is 0 Å². The summed E-state index contributed by atoms with van der Waals surface area (Å²) in [5, 5.41) is 3.54. The summed E-state index contributed by atoms with van der Waals surface area (Å²) in [6.07, 6.45) is 5.24. The molecule has 1 atom stereocenters. The zero-order valence-corrected chi connectivity index (χ0v) is 11.7. The fourth-order valence-corrected chi connectivity index (χ4v) is 2.45. The molecule has 0 radical (unpaired) electrons. The maximum atomic E-state index is 5.80. The highest BCUT2D eigenvalue weighted by Crippen LogP contribution is 2.38. The van der Waals surface area contributed by atoms with Gasteiger partial charge in [0.05, 0.1) is 0 Å². The van der Waals surface area contributed by atoms with Gasteiger partial charge in [0.1, 0.15) is 13.2 Å². The Morgan fingerprint density at radius 1 is 1.37 bits per heavy atom. The Hall–Kier alpha value is -1.48. The lowest BCUT2D eigenvalue weighted by Crippen LogP contribution is -2.24. The summed E-state index contributed by atoms with van der Waals surface area (Å²) in [6, 6.07) is 6.47. The number of benzene rings is 1. The summed E-state index contributed by atoms with van der Waals surface area (Å²) in [6.45, 7) is 8.13. The minimum Gasteiger partial charge on any atom is -0.486 e. The van der Waals surface area contributed by atoms with Crippen molar-refractivity contribution in [2.24, 2.45) is 0 Å². The van der Waals surface area contributed by atoms with E-state index >= 15 is 0 Å². The van der Waals surface area contributed by atoms with Crippen molar-refractivity contribution < 1.29 is 9.47 Å². The third-order valence-electron chi connectivity index (χ3n) is 3.32. The van der Waals surface area contributed by atoms with Crippen LogP contribution in [-0.2, 0) is 0 Å². The van der Waals surface area contributed by atoms with Crippen LogP contribution in [0.15, 0.2) is 30.9 Å². The monoisotopic (exact) mass is 261 g/mol. The molecule has 1 aromatic carbocycles. The summed E-state index contributed by atoms with van der Waals surface area (Å²) in [4.78, 5) is 0. The number of rotatable bonds is 7. The fourth-order valence-electron chi connectivity index (χ4n) is 2.45. The molecule has 0 bridgehead atoms. The first-order chi connectivity index (χ1) is 9.36. The van der Waals surface area contributed by atoms with Crippen LogP contribution < -0.4 is 14.8 Å². The third-order valence-corrected chi connectivity index (χ3v) is 3.32. The van der Waals surface area contributed by atoms with E-state index in [1.165, 1.54) is 5.56 Å². The third kappa shape index (κ3) is 3.51. The van der Waals surface area contributed by atoms with Gasteiger partial charge in [-0.25, -0.2) is 0 Å². The van der Waals surface area contributed by atoms with Crippen LogP contribution in [0.1, 0.15) is 37.8 Å². The Kier molecular flexibility index (Phi) is 5.28. The van der Waals surface area contributed by atoms with Crippen LogP contribution in [0, 0.1) is 0 Å². The largest absolute Gasteiger partial charge is 0.486 e. The van der Waals surface area contributed by atoms with Gasteiger partial charge in [-0.3, -0.25) is 0 Å². The number of fused-ring (bicyclic) bond motifs is 1. The second kappa shape index (κ2) is 7.19. The fraction of sp³-hybridized carbons (Fsp3) is 0.500. The maximum Gasteiger partial charge on any atom is 0.166 e. The first kappa shape index (κ1) is 13.9. The van der Waals surface area contributed by atoms with E-state index in [1.54, 1.807) is 0 Å². The Balaban J connectivity index is 2.17. The molecular weight excluding hydrogens is 238 g/mol. The number of ether oxygens (including phenoxy) is 2. The van der Waals surface area contributed by atoms with E-state index in [1.807, 2.05) is 18.2 Å². The van der Waals surface area contributed by atoms with Crippen molar-refractivity contribution in [1.82, 2.24) is 5.32 Å². The number of allylic oxidation sites excluding steroid dienone is 1. The molecule has 0 fully saturated rings. The van der Waals surface area contributed by atoms with Crippen molar-refractivity contribution in [3.63, 3.8) is 0 Å². The lowest BCUT2D eigenvalue weighted by Gasteiger charge is -2.25. The highest BCUT2D eigenvalue weighted by Gasteiger charge is 2.21. The van der Waals surface area contributed by atoms with Gasteiger partial charge >= 0.3 is 0 Å². The van der Waals surface area contributed by atoms with Gasteiger partial charge in [0, 0.05) is 11.6 Å². The summed E-state index contributed by atoms with van der Waals surface area (Å²) in [5.41, 5.74) is 1.21. The molecule has 1 unspecified atom stereocenters. The highest BCUT2D eigenvalue weighted by atomic mass is 16.6. The topological polar surface area (TPSA) is 30.5 Å². The zero-order valence-electron chi connectivity index (χ0n) is 11.7. The molecule has 0 aromatic heterocycles. The Bertz CT molecular complexity index is 417. The van der Waals surface area contributed by atoms with Crippen molar-refractivity contribution in [2.45, 2.75) is 32.2 Å². The van der Waals surface area contributed by atoms with Crippen LogP contribution in [0.3, 0.4) is 0 Å². The van der Waals surface area contributed by atoms with Gasteiger partial charge in [0.25, 0.3) is 0 Å². The summed E-state index contributed by atoms with van der Waals surface area (Å²) in [7, 11) is 0. The summed E-state index contributed by atoms with van der Waals surface area (Å²) in [5.74, 6) is 1.79. The van der Waals surface area contributed by atoms with Gasteiger partial charge in [0.15, 0.2) is 11.5 Å². The van der Waals surface area contributed by atoms with Gasteiger partial charge in [-0.15, -0.1) is 6.58 Å². The van der Waals surface area contributed by atoms with Crippen molar-refractivity contribution in [3.05, 3.63) is 36.4 Å². The maximum absolute atomic E-state index is 5.80. The molecule has 3 nitrogen and oxygen atoms in total. The number of nitrogens with one attached hydrogen (secondary N) is 1. The number of unbranched alkanes of at least 4 members (excludes halogenated alkanes) is 1. The molecule has 1 aliphatic rings. The summed E-state index contributed by atoms with van der Waals surface area (Å²) < 4.78 is 11.5. The second-order valence-electron chi connectivity index (χ2n) is 4.70. The van der Waals surface area contributed by atoms with E-state index in [0.717, 1.165) is 37.3 Å². The molecule has 0 spiro atoms. The summed E-state index contributed by atoms with van der Waals surface area (Å²) >= 11 is 0. The standard InChI is InChI=1S/C16H23NO2/c1-3-5-6-9-14(17-4-2)13-8-7-10-15-16(13)19-12-11-18-15/h3,7-8,10,14,17H,1,4-6,9,11-12H2,2H3. The zero-order chi connectivity index (χ0) is 13.5. The molecule has 0 saturated carbocycles. The lowest BCUT2D eigenvalue weighted by molar-refractivity contribution is 0.168. The minimum atomic E-state index is 0.321. The normalized spacial score (nSPS) is 15.0. The molecule has 19 heavy (non-hydrogen) atoms. The SMILES string of the molecule is C=CCCCC(NCC)c1cccc2c1OCCO2. The van der Waals surface area contributed by atoms with Crippen molar-refractivity contribution >= 4 is 0 Å². The highest BCUT2D eigenvalue weighted by molar-refractivity contribution is 5.48. The molecule has 3 heteroatoms. The van der Waals surface area contributed by atoms with Gasteiger partial charge in [0.2, 0.25) is 0 Å². The van der Waals surface area contributed by atoms with Crippen LogP contribution in [0.5, 0.6) is 11.5 Å². The van der Waals surface area contributed by atoms with Crippen LogP contribution in [0.25, 0.3) is 0 Å². The molecule has 1 aromatic rings. The smallest absolute Gasteiger partial charge is 0.166 e. The van der Waals surface area contributed by atoms with Crippen molar-refractivity contribution in [3.8, 4) is 11.5 Å². The van der Waals surface area contributed by atoms with Crippen LogP contribution in [0.2, 0.25) is 0 Å². The Morgan fingerprint density at radius 3 is 3.00 bits per heavy atom.